The predicted octanol–water partition coefficient (Wildman–Crippen LogP) is 2.61. The van der Waals surface area contributed by atoms with E-state index >= 15 is 0 Å². The van der Waals surface area contributed by atoms with Gasteiger partial charge in [0.25, 0.3) is 5.91 Å². The number of hydrogen-bond acceptors (Lipinski definition) is 5. The van der Waals surface area contributed by atoms with E-state index in [9.17, 15) is 19.2 Å². The van der Waals surface area contributed by atoms with Crippen LogP contribution in [0.1, 0.15) is 42.6 Å². The van der Waals surface area contributed by atoms with Crippen molar-refractivity contribution in [3.63, 3.8) is 0 Å². The Balaban J connectivity index is 1.57. The highest BCUT2D eigenvalue weighted by Crippen LogP contribution is 2.47. The molecule has 0 aliphatic heterocycles. The lowest BCUT2D eigenvalue weighted by Crippen LogP contribution is -2.35. The molecule has 31 heavy (non-hydrogen) atoms. The van der Waals surface area contributed by atoms with Crippen LogP contribution in [0.25, 0.3) is 0 Å². The van der Waals surface area contributed by atoms with Crippen LogP contribution in [0.3, 0.4) is 0 Å². The molecule has 3 amide bonds. The molecule has 1 saturated carbocycles. The molecule has 1 aliphatic rings. The van der Waals surface area contributed by atoms with Gasteiger partial charge in [-0.05, 0) is 36.6 Å². The van der Waals surface area contributed by atoms with Gasteiger partial charge in [0, 0.05) is 37.2 Å². The lowest BCUT2D eigenvalue weighted by atomic mass is 9.96. The number of ether oxygens (including phenoxy) is 1. The van der Waals surface area contributed by atoms with Gasteiger partial charge in [0.1, 0.15) is 0 Å². The van der Waals surface area contributed by atoms with Gasteiger partial charge in [0.05, 0.1) is 5.56 Å². The molecule has 0 bridgehead atoms. The number of hydrogen-bond donors (Lipinski definition) is 3. The zero-order chi connectivity index (χ0) is 22.4. The number of amides is 3. The molecule has 2 aromatic carbocycles. The van der Waals surface area contributed by atoms with Gasteiger partial charge in [0.2, 0.25) is 11.8 Å². The Morgan fingerprint density at radius 3 is 2.00 bits per heavy atom. The molecule has 0 radical (unpaired) electrons. The molecule has 162 valence electrons. The third-order valence-electron chi connectivity index (χ3n) is 5.01. The predicted molar refractivity (Wildman–Crippen MR) is 116 cm³/mol. The Morgan fingerprint density at radius 2 is 1.48 bits per heavy atom. The van der Waals surface area contributed by atoms with Gasteiger partial charge >= 0.3 is 5.97 Å². The summed E-state index contributed by atoms with van der Waals surface area (Å²) in [5.41, 5.74) is 1.90. The molecule has 8 nitrogen and oxygen atoms in total. The van der Waals surface area contributed by atoms with Crippen molar-refractivity contribution in [3.05, 3.63) is 59.7 Å². The molecule has 2 aromatic rings. The number of carbonyl (C=O) groups is 4. The van der Waals surface area contributed by atoms with E-state index in [2.05, 4.69) is 16.0 Å². The van der Waals surface area contributed by atoms with Crippen molar-refractivity contribution in [2.45, 2.75) is 32.1 Å². The maximum absolute atomic E-state index is 12.4. The number of rotatable bonds is 8. The third-order valence-corrected chi connectivity index (χ3v) is 5.01. The number of nitrogens with one attached hydrogen (secondary N) is 3. The lowest BCUT2D eigenvalue weighted by Gasteiger charge is -2.16. The van der Waals surface area contributed by atoms with E-state index < -0.39 is 18.5 Å². The molecule has 8 heteroatoms. The Hall–Kier alpha value is -3.68. The van der Waals surface area contributed by atoms with Crippen LogP contribution in [0.15, 0.2) is 48.5 Å². The Bertz CT molecular complexity index is 965. The summed E-state index contributed by atoms with van der Waals surface area (Å²) < 4.78 is 5.12. The van der Waals surface area contributed by atoms with Crippen molar-refractivity contribution >= 4 is 35.1 Å². The average Bonchev–Trinajstić information content (AvgIpc) is 3.51. The topological polar surface area (TPSA) is 114 Å². The van der Waals surface area contributed by atoms with Crippen LogP contribution in [-0.2, 0) is 24.5 Å². The fourth-order valence-corrected chi connectivity index (χ4v) is 3.34. The maximum Gasteiger partial charge on any atom is 0.338 e. The molecule has 0 spiro atoms. The van der Waals surface area contributed by atoms with Gasteiger partial charge in [-0.3, -0.25) is 14.4 Å². The van der Waals surface area contributed by atoms with Gasteiger partial charge in [0.15, 0.2) is 6.61 Å². The van der Waals surface area contributed by atoms with Crippen molar-refractivity contribution in [1.82, 2.24) is 5.32 Å². The minimum Gasteiger partial charge on any atom is -0.452 e. The summed E-state index contributed by atoms with van der Waals surface area (Å²) in [5, 5.41) is 7.96. The quantitative estimate of drug-likeness (QED) is 0.565. The lowest BCUT2D eigenvalue weighted by molar-refractivity contribution is -0.124. The zero-order valence-corrected chi connectivity index (χ0v) is 17.5. The SMILES string of the molecule is CC(=O)Nc1cc(NC(C)=O)cc(C(=O)OCC(=O)NCC2(c3ccccc3)CC2)c1. The van der Waals surface area contributed by atoms with Crippen molar-refractivity contribution in [1.29, 1.82) is 0 Å². The molecular formula is C23H25N3O5. The van der Waals surface area contributed by atoms with Gasteiger partial charge < -0.3 is 20.7 Å². The van der Waals surface area contributed by atoms with Gasteiger partial charge in [-0.2, -0.15) is 0 Å². The van der Waals surface area contributed by atoms with Crippen LogP contribution >= 0.6 is 0 Å². The first kappa shape index (κ1) is 22.0. The fourth-order valence-electron chi connectivity index (χ4n) is 3.34. The van der Waals surface area contributed by atoms with Crippen LogP contribution in [0.5, 0.6) is 0 Å². The molecular weight excluding hydrogens is 398 g/mol. The summed E-state index contributed by atoms with van der Waals surface area (Å²) in [6.07, 6.45) is 2.00. The first-order valence-corrected chi connectivity index (χ1v) is 9.97. The summed E-state index contributed by atoms with van der Waals surface area (Å²) in [4.78, 5) is 47.3. The number of benzene rings is 2. The van der Waals surface area contributed by atoms with Crippen molar-refractivity contribution in [3.8, 4) is 0 Å². The molecule has 0 unspecified atom stereocenters. The second-order valence-corrected chi connectivity index (χ2v) is 7.66. The first-order valence-electron chi connectivity index (χ1n) is 9.97. The molecule has 3 N–H and O–H groups in total. The van der Waals surface area contributed by atoms with E-state index in [0.29, 0.717) is 17.9 Å². The second kappa shape index (κ2) is 9.42. The van der Waals surface area contributed by atoms with Crippen molar-refractivity contribution in [2.24, 2.45) is 0 Å². The Labute approximate surface area is 180 Å². The molecule has 0 saturated heterocycles. The molecule has 0 atom stereocenters. The standard InChI is InChI=1S/C23H25N3O5/c1-15(27)25-19-10-17(11-20(12-19)26-16(2)28)22(30)31-13-21(29)24-14-23(8-9-23)18-6-4-3-5-7-18/h3-7,10-12H,8-9,13-14H2,1-2H3,(H,24,29)(H,25,27)(H,26,28). The highest BCUT2D eigenvalue weighted by Gasteiger charge is 2.44. The third kappa shape index (κ3) is 6.15. The summed E-state index contributed by atoms with van der Waals surface area (Å²) >= 11 is 0. The Kier molecular flexibility index (Phi) is 6.69. The molecule has 0 aromatic heterocycles. The minimum absolute atomic E-state index is 0.0408. The van der Waals surface area contributed by atoms with E-state index in [1.54, 1.807) is 0 Å². The zero-order valence-electron chi connectivity index (χ0n) is 17.5. The van der Waals surface area contributed by atoms with Crippen LogP contribution < -0.4 is 16.0 Å². The monoisotopic (exact) mass is 423 g/mol. The van der Waals surface area contributed by atoms with E-state index in [1.165, 1.54) is 37.6 Å². The average molecular weight is 423 g/mol. The van der Waals surface area contributed by atoms with Gasteiger partial charge in [-0.15, -0.1) is 0 Å². The smallest absolute Gasteiger partial charge is 0.338 e. The van der Waals surface area contributed by atoms with Gasteiger partial charge in [-0.25, -0.2) is 4.79 Å². The maximum atomic E-state index is 12.4. The first-order chi connectivity index (χ1) is 14.8. The normalized spacial score (nSPS) is 13.6. The summed E-state index contributed by atoms with van der Waals surface area (Å²) in [6.45, 7) is 2.71. The van der Waals surface area contributed by atoms with Crippen LogP contribution in [0.4, 0.5) is 11.4 Å². The Morgan fingerprint density at radius 1 is 0.903 bits per heavy atom. The highest BCUT2D eigenvalue weighted by molar-refractivity contribution is 5.98. The van der Waals surface area contributed by atoms with Crippen LogP contribution in [-0.4, -0.2) is 36.8 Å². The van der Waals surface area contributed by atoms with E-state index in [-0.39, 0.29) is 22.8 Å². The summed E-state index contributed by atoms with van der Waals surface area (Å²) in [5.74, 6) is -1.79. The largest absolute Gasteiger partial charge is 0.452 e. The molecule has 1 aliphatic carbocycles. The summed E-state index contributed by atoms with van der Waals surface area (Å²) in [7, 11) is 0. The minimum atomic E-state index is -0.738. The molecule has 0 heterocycles. The van der Waals surface area contributed by atoms with Crippen LogP contribution in [0.2, 0.25) is 0 Å². The van der Waals surface area contributed by atoms with Crippen LogP contribution in [0, 0.1) is 0 Å². The van der Waals surface area contributed by atoms with E-state index in [4.69, 9.17) is 4.74 Å². The fraction of sp³-hybridized carbons (Fsp3) is 0.304. The van der Waals surface area contributed by atoms with E-state index in [1.807, 2.05) is 30.3 Å². The van der Waals surface area contributed by atoms with Crippen molar-refractivity contribution < 1.29 is 23.9 Å². The molecule has 3 rings (SSSR count). The molecule has 1 fully saturated rings. The number of anilines is 2. The van der Waals surface area contributed by atoms with Gasteiger partial charge in [-0.1, -0.05) is 30.3 Å². The van der Waals surface area contributed by atoms with Crippen molar-refractivity contribution in [2.75, 3.05) is 23.8 Å². The van der Waals surface area contributed by atoms with E-state index in [0.717, 1.165) is 12.8 Å². The summed E-state index contributed by atoms with van der Waals surface area (Å²) in [6, 6.07) is 14.4. The number of esters is 1. The highest BCUT2D eigenvalue weighted by atomic mass is 16.5. The number of carbonyl (C=O) groups excluding carboxylic acids is 4. The second-order valence-electron chi connectivity index (χ2n) is 7.66.